The van der Waals surface area contributed by atoms with Gasteiger partial charge < -0.3 is 9.47 Å². The first kappa shape index (κ1) is 19.4. The summed E-state index contributed by atoms with van der Waals surface area (Å²) in [7, 11) is 1.53. The number of benzene rings is 3. The van der Waals surface area contributed by atoms with E-state index < -0.39 is 4.92 Å². The monoisotopic (exact) mass is 396 g/mol. The van der Waals surface area contributed by atoms with Crippen molar-refractivity contribution < 1.29 is 14.4 Å². The Kier molecular flexibility index (Phi) is 6.24. The molecule has 0 heterocycles. The summed E-state index contributed by atoms with van der Waals surface area (Å²) >= 11 is 6.37. The minimum atomic E-state index is -0.444. The predicted octanol–water partition coefficient (Wildman–Crippen LogP) is 5.59. The van der Waals surface area contributed by atoms with Crippen molar-refractivity contribution in [2.45, 2.75) is 6.61 Å². The molecule has 0 saturated carbocycles. The van der Waals surface area contributed by atoms with Crippen molar-refractivity contribution in [2.75, 3.05) is 7.11 Å². The van der Waals surface area contributed by atoms with Gasteiger partial charge in [0.2, 0.25) is 0 Å². The molecule has 28 heavy (non-hydrogen) atoms. The van der Waals surface area contributed by atoms with Crippen molar-refractivity contribution in [2.24, 2.45) is 4.99 Å². The van der Waals surface area contributed by atoms with Gasteiger partial charge in [0.25, 0.3) is 5.69 Å². The minimum Gasteiger partial charge on any atom is -0.493 e. The van der Waals surface area contributed by atoms with Gasteiger partial charge in [0.05, 0.1) is 22.7 Å². The number of nitro groups is 1. The fraction of sp³-hybridized carbons (Fsp3) is 0.0952. The summed E-state index contributed by atoms with van der Waals surface area (Å²) in [6.07, 6.45) is 1.70. The lowest BCUT2D eigenvalue weighted by atomic mass is 10.2. The van der Waals surface area contributed by atoms with Crippen molar-refractivity contribution in [1.82, 2.24) is 0 Å². The lowest BCUT2D eigenvalue weighted by Gasteiger charge is -2.13. The fourth-order valence-electron chi connectivity index (χ4n) is 2.49. The molecule has 0 fully saturated rings. The second-order valence-electron chi connectivity index (χ2n) is 5.84. The summed E-state index contributed by atoms with van der Waals surface area (Å²) in [4.78, 5) is 14.7. The molecule has 6 nitrogen and oxygen atoms in total. The van der Waals surface area contributed by atoms with Gasteiger partial charge in [0.1, 0.15) is 6.61 Å². The molecule has 0 atom stereocenters. The Morgan fingerprint density at radius 2 is 1.82 bits per heavy atom. The molecule has 0 aliphatic rings. The highest BCUT2D eigenvalue weighted by molar-refractivity contribution is 6.32. The topological polar surface area (TPSA) is 74.0 Å². The first-order valence-corrected chi connectivity index (χ1v) is 8.77. The maximum absolute atomic E-state index is 10.7. The number of hydrogen-bond acceptors (Lipinski definition) is 5. The van der Waals surface area contributed by atoms with Gasteiger partial charge in [-0.3, -0.25) is 15.1 Å². The number of nitro benzene ring substituents is 1. The molecule has 3 aromatic rings. The molecular formula is C21H17ClN2O4. The van der Waals surface area contributed by atoms with E-state index in [0.29, 0.717) is 16.5 Å². The van der Waals surface area contributed by atoms with E-state index >= 15 is 0 Å². The Bertz CT molecular complexity index is 989. The third-order valence-corrected chi connectivity index (χ3v) is 4.18. The summed E-state index contributed by atoms with van der Waals surface area (Å²) < 4.78 is 11.2. The molecule has 0 aromatic heterocycles. The van der Waals surface area contributed by atoms with Crippen LogP contribution in [0.4, 0.5) is 11.4 Å². The van der Waals surface area contributed by atoms with Gasteiger partial charge in [-0.15, -0.1) is 0 Å². The number of rotatable bonds is 7. The molecule has 0 aliphatic heterocycles. The van der Waals surface area contributed by atoms with E-state index in [-0.39, 0.29) is 12.3 Å². The SMILES string of the molecule is COc1cc(C=Nc2ccccc2)cc(Cl)c1OCc1ccc([N+](=O)[O-])cc1. The average Bonchev–Trinajstić information content (AvgIpc) is 2.72. The van der Waals surface area contributed by atoms with Crippen LogP contribution in [0.3, 0.4) is 0 Å². The van der Waals surface area contributed by atoms with Crippen LogP contribution in [0.2, 0.25) is 5.02 Å². The highest BCUT2D eigenvalue weighted by Gasteiger charge is 2.12. The lowest BCUT2D eigenvalue weighted by Crippen LogP contribution is -2.00. The lowest BCUT2D eigenvalue weighted by molar-refractivity contribution is -0.384. The van der Waals surface area contributed by atoms with Gasteiger partial charge in [-0.05, 0) is 47.5 Å². The Morgan fingerprint density at radius 1 is 1.11 bits per heavy atom. The largest absolute Gasteiger partial charge is 0.493 e. The van der Waals surface area contributed by atoms with E-state index in [1.54, 1.807) is 30.5 Å². The Hall–Kier alpha value is -3.38. The average molecular weight is 397 g/mol. The Morgan fingerprint density at radius 3 is 2.46 bits per heavy atom. The summed E-state index contributed by atoms with van der Waals surface area (Å²) in [5.41, 5.74) is 2.41. The van der Waals surface area contributed by atoms with Crippen LogP contribution < -0.4 is 9.47 Å². The van der Waals surface area contributed by atoms with Crippen LogP contribution in [0.5, 0.6) is 11.5 Å². The quantitative estimate of drug-likeness (QED) is 0.296. The minimum absolute atomic E-state index is 0.0291. The Balaban J connectivity index is 1.76. The van der Waals surface area contributed by atoms with Crippen LogP contribution in [-0.2, 0) is 6.61 Å². The summed E-state index contributed by atoms with van der Waals surface area (Å²) in [6.45, 7) is 0.200. The first-order chi connectivity index (χ1) is 13.6. The van der Waals surface area contributed by atoms with Crippen molar-refractivity contribution in [3.8, 4) is 11.5 Å². The van der Waals surface area contributed by atoms with Crippen molar-refractivity contribution >= 4 is 29.2 Å². The van der Waals surface area contributed by atoms with E-state index in [2.05, 4.69) is 4.99 Å². The zero-order valence-electron chi connectivity index (χ0n) is 15.0. The third-order valence-electron chi connectivity index (χ3n) is 3.90. The summed E-state index contributed by atoms with van der Waals surface area (Å²) in [5.74, 6) is 0.878. The number of hydrogen-bond donors (Lipinski definition) is 0. The fourth-order valence-corrected chi connectivity index (χ4v) is 2.76. The van der Waals surface area contributed by atoms with Crippen LogP contribution in [0.25, 0.3) is 0 Å². The number of aliphatic imine (C=N–C) groups is 1. The highest BCUT2D eigenvalue weighted by Crippen LogP contribution is 2.36. The molecule has 142 valence electrons. The van der Waals surface area contributed by atoms with E-state index in [1.165, 1.54) is 19.2 Å². The smallest absolute Gasteiger partial charge is 0.269 e. The molecule has 0 N–H and O–H groups in total. The van der Waals surface area contributed by atoms with Crippen molar-refractivity contribution in [3.63, 3.8) is 0 Å². The van der Waals surface area contributed by atoms with Gasteiger partial charge >= 0.3 is 0 Å². The van der Waals surface area contributed by atoms with Crippen molar-refractivity contribution in [1.29, 1.82) is 0 Å². The second-order valence-corrected chi connectivity index (χ2v) is 6.25. The number of nitrogens with zero attached hydrogens (tertiary/aromatic N) is 2. The Labute approximate surface area is 167 Å². The molecule has 7 heteroatoms. The van der Waals surface area contributed by atoms with Crippen molar-refractivity contribution in [3.05, 3.63) is 93.0 Å². The molecule has 0 spiro atoms. The van der Waals surface area contributed by atoms with E-state index in [4.69, 9.17) is 21.1 Å². The van der Waals surface area contributed by atoms with E-state index in [0.717, 1.165) is 16.8 Å². The van der Waals surface area contributed by atoms with Crippen LogP contribution >= 0.6 is 11.6 Å². The zero-order valence-corrected chi connectivity index (χ0v) is 15.8. The highest BCUT2D eigenvalue weighted by atomic mass is 35.5. The van der Waals surface area contributed by atoms with Crippen LogP contribution in [-0.4, -0.2) is 18.2 Å². The van der Waals surface area contributed by atoms with E-state index in [9.17, 15) is 10.1 Å². The molecular weight excluding hydrogens is 380 g/mol. The number of ether oxygens (including phenoxy) is 2. The number of halogens is 1. The van der Waals surface area contributed by atoms with Gasteiger partial charge in [-0.25, -0.2) is 0 Å². The first-order valence-electron chi connectivity index (χ1n) is 8.39. The molecule has 3 aromatic carbocycles. The normalized spacial score (nSPS) is 10.8. The van der Waals surface area contributed by atoms with Gasteiger partial charge in [-0.1, -0.05) is 29.8 Å². The van der Waals surface area contributed by atoms with Gasteiger partial charge in [0, 0.05) is 18.3 Å². The maximum Gasteiger partial charge on any atom is 0.269 e. The standard InChI is InChI=1S/C21H17ClN2O4/c1-27-20-12-16(13-23-17-5-3-2-4-6-17)11-19(22)21(20)28-14-15-7-9-18(10-8-15)24(25)26/h2-13H,14H2,1H3. The van der Waals surface area contributed by atoms with Crippen LogP contribution in [0.1, 0.15) is 11.1 Å². The van der Waals surface area contributed by atoms with Gasteiger partial charge in [-0.2, -0.15) is 0 Å². The zero-order chi connectivity index (χ0) is 19.9. The number of methoxy groups -OCH3 is 1. The van der Waals surface area contributed by atoms with E-state index in [1.807, 2.05) is 30.3 Å². The van der Waals surface area contributed by atoms with Crippen LogP contribution in [0, 0.1) is 10.1 Å². The third kappa shape index (κ3) is 4.86. The summed E-state index contributed by atoms with van der Waals surface area (Å²) in [5, 5.41) is 11.1. The molecule has 0 unspecified atom stereocenters. The molecule has 0 aliphatic carbocycles. The summed E-state index contributed by atoms with van der Waals surface area (Å²) in [6, 6.07) is 19.2. The molecule has 0 radical (unpaired) electrons. The second kappa shape index (κ2) is 9.01. The van der Waals surface area contributed by atoms with Gasteiger partial charge in [0.15, 0.2) is 11.5 Å². The number of non-ortho nitro benzene ring substituents is 1. The molecule has 0 amide bonds. The predicted molar refractivity (Wildman–Crippen MR) is 109 cm³/mol. The maximum atomic E-state index is 10.7. The van der Waals surface area contributed by atoms with Crippen LogP contribution in [0.15, 0.2) is 71.7 Å². The molecule has 0 bridgehead atoms. The molecule has 3 rings (SSSR count). The molecule has 0 saturated heterocycles. The number of para-hydroxylation sites is 1.